The van der Waals surface area contributed by atoms with Crippen molar-refractivity contribution in [1.82, 2.24) is 20.1 Å². The van der Waals surface area contributed by atoms with Crippen molar-refractivity contribution >= 4 is 23.3 Å². The summed E-state index contributed by atoms with van der Waals surface area (Å²) >= 11 is 6.05. The number of nitrogens with zero attached hydrogens (tertiary/aromatic N) is 3. The summed E-state index contributed by atoms with van der Waals surface area (Å²) < 4.78 is 1.77. The van der Waals surface area contributed by atoms with Gasteiger partial charge in [0.2, 0.25) is 0 Å². The Kier molecular flexibility index (Phi) is 5.16. The molecule has 0 saturated carbocycles. The molecule has 0 aliphatic rings. The number of halogens is 1. The minimum Gasteiger partial charge on any atom is -0.370 e. The highest BCUT2D eigenvalue weighted by Gasteiger charge is 2.14. The average Bonchev–Trinajstić information content (AvgIpc) is 2.93. The number of carbonyl (C=O) groups is 1. The number of amides is 1. The first-order chi connectivity index (χ1) is 10.1. The Labute approximate surface area is 128 Å². The summed E-state index contributed by atoms with van der Waals surface area (Å²) in [5.74, 6) is 0.410. The van der Waals surface area contributed by atoms with Crippen LogP contribution < -0.4 is 10.6 Å². The molecule has 21 heavy (non-hydrogen) atoms. The number of nitrogens with one attached hydrogen (secondary N) is 2. The number of rotatable bonds is 6. The van der Waals surface area contributed by atoms with Crippen LogP contribution in [0.4, 0.5) is 5.82 Å². The molecule has 0 aliphatic carbocycles. The van der Waals surface area contributed by atoms with Crippen LogP contribution >= 0.6 is 11.6 Å². The van der Waals surface area contributed by atoms with Crippen molar-refractivity contribution in [2.75, 3.05) is 11.9 Å². The molecule has 1 amide bonds. The topological polar surface area (TPSA) is 71.8 Å². The molecule has 2 aromatic rings. The lowest BCUT2D eigenvalue weighted by atomic mass is 10.2. The fraction of sp³-hybridized carbons (Fsp3) is 0.357. The van der Waals surface area contributed by atoms with Gasteiger partial charge in [0, 0.05) is 31.2 Å². The summed E-state index contributed by atoms with van der Waals surface area (Å²) in [6.45, 7) is 5.20. The van der Waals surface area contributed by atoms with E-state index in [1.54, 1.807) is 16.9 Å². The van der Waals surface area contributed by atoms with Gasteiger partial charge in [0.05, 0.1) is 17.1 Å². The number of aromatic nitrogens is 3. The Balaban J connectivity index is 2.03. The fourth-order valence-electron chi connectivity index (χ4n) is 1.93. The van der Waals surface area contributed by atoms with Crippen molar-refractivity contribution in [3.8, 4) is 0 Å². The van der Waals surface area contributed by atoms with E-state index < -0.39 is 0 Å². The Morgan fingerprint density at radius 2 is 2.33 bits per heavy atom. The summed E-state index contributed by atoms with van der Waals surface area (Å²) in [5, 5.41) is 10.4. The lowest BCUT2D eigenvalue weighted by molar-refractivity contribution is 0.0936. The summed E-state index contributed by atoms with van der Waals surface area (Å²) in [6, 6.07) is 3.43. The van der Waals surface area contributed by atoms with Gasteiger partial charge in [0.25, 0.3) is 5.91 Å². The molecule has 2 rings (SSSR count). The van der Waals surface area contributed by atoms with Crippen molar-refractivity contribution in [2.24, 2.45) is 0 Å². The van der Waals surface area contributed by atoms with Gasteiger partial charge in [-0.25, -0.2) is 4.98 Å². The first-order valence-corrected chi connectivity index (χ1v) is 7.15. The van der Waals surface area contributed by atoms with Crippen LogP contribution in [0, 0.1) is 0 Å². The molecular weight excluding hydrogens is 290 g/mol. The van der Waals surface area contributed by atoms with Crippen LogP contribution in [0.25, 0.3) is 0 Å². The van der Waals surface area contributed by atoms with Crippen molar-refractivity contribution in [1.29, 1.82) is 0 Å². The monoisotopic (exact) mass is 307 g/mol. The molecule has 2 N–H and O–H groups in total. The van der Waals surface area contributed by atoms with Gasteiger partial charge in [-0.05, 0) is 26.0 Å². The maximum atomic E-state index is 12.3. The van der Waals surface area contributed by atoms with Crippen LogP contribution in [0.5, 0.6) is 0 Å². The Bertz CT molecular complexity index is 599. The molecule has 0 bridgehead atoms. The van der Waals surface area contributed by atoms with Gasteiger partial charge < -0.3 is 10.6 Å². The third-order valence-electron chi connectivity index (χ3n) is 2.86. The molecular formula is C14H18ClN5O. The molecule has 0 aromatic carbocycles. The third kappa shape index (κ3) is 4.19. The third-order valence-corrected chi connectivity index (χ3v) is 3.16. The molecule has 2 aromatic heterocycles. The molecule has 0 fully saturated rings. The smallest absolute Gasteiger partial charge is 0.253 e. The lowest BCUT2D eigenvalue weighted by Crippen LogP contribution is -2.36. The van der Waals surface area contributed by atoms with Gasteiger partial charge in [-0.3, -0.25) is 9.48 Å². The zero-order chi connectivity index (χ0) is 15.2. The second-order valence-electron chi connectivity index (χ2n) is 4.68. The van der Waals surface area contributed by atoms with Crippen LogP contribution in [0.1, 0.15) is 24.2 Å². The van der Waals surface area contributed by atoms with Gasteiger partial charge in [0.15, 0.2) is 0 Å². The zero-order valence-corrected chi connectivity index (χ0v) is 12.8. The number of hydrogen-bond acceptors (Lipinski definition) is 4. The first kappa shape index (κ1) is 15.3. The van der Waals surface area contributed by atoms with Crippen LogP contribution in [-0.2, 0) is 6.54 Å². The molecule has 0 radical (unpaired) electrons. The van der Waals surface area contributed by atoms with Gasteiger partial charge in [-0.15, -0.1) is 0 Å². The number of pyridine rings is 1. The average molecular weight is 308 g/mol. The normalized spacial score (nSPS) is 12.0. The Hall–Kier alpha value is -2.08. The van der Waals surface area contributed by atoms with Gasteiger partial charge in [0.1, 0.15) is 5.82 Å². The summed E-state index contributed by atoms with van der Waals surface area (Å²) in [4.78, 5) is 16.4. The quantitative estimate of drug-likeness (QED) is 0.858. The number of hydrogen-bond donors (Lipinski definition) is 2. The Morgan fingerprint density at radius 3 is 3.00 bits per heavy atom. The number of carbonyl (C=O) groups excluding carboxylic acids is 1. The van der Waals surface area contributed by atoms with E-state index in [0.717, 1.165) is 6.54 Å². The second kappa shape index (κ2) is 7.08. The number of anilines is 1. The zero-order valence-electron chi connectivity index (χ0n) is 12.0. The van der Waals surface area contributed by atoms with Crippen molar-refractivity contribution in [3.05, 3.63) is 41.3 Å². The molecule has 1 unspecified atom stereocenters. The van der Waals surface area contributed by atoms with Gasteiger partial charge in [-0.1, -0.05) is 11.6 Å². The van der Waals surface area contributed by atoms with Crippen molar-refractivity contribution in [3.63, 3.8) is 0 Å². The van der Waals surface area contributed by atoms with Crippen LogP contribution in [0.3, 0.4) is 0 Å². The van der Waals surface area contributed by atoms with E-state index in [4.69, 9.17) is 11.6 Å². The standard InChI is InChI=1S/C14H18ClN5O/c1-3-16-13-7-11(12(15)8-17-13)14(21)19-10(2)9-20-6-4-5-18-20/h4-8,10H,3,9H2,1-2H3,(H,16,17)(H,19,21). The van der Waals surface area contributed by atoms with E-state index in [1.165, 1.54) is 6.20 Å². The molecule has 0 spiro atoms. The molecule has 7 heteroatoms. The van der Waals surface area contributed by atoms with Crippen LogP contribution in [0.15, 0.2) is 30.7 Å². The maximum Gasteiger partial charge on any atom is 0.253 e. The van der Waals surface area contributed by atoms with E-state index in [0.29, 0.717) is 22.9 Å². The van der Waals surface area contributed by atoms with E-state index in [1.807, 2.05) is 26.1 Å². The first-order valence-electron chi connectivity index (χ1n) is 6.78. The Morgan fingerprint density at radius 1 is 1.52 bits per heavy atom. The van der Waals surface area contributed by atoms with E-state index in [9.17, 15) is 4.79 Å². The van der Waals surface area contributed by atoms with E-state index >= 15 is 0 Å². The highest BCUT2D eigenvalue weighted by molar-refractivity contribution is 6.33. The highest BCUT2D eigenvalue weighted by Crippen LogP contribution is 2.18. The van der Waals surface area contributed by atoms with Crippen molar-refractivity contribution < 1.29 is 4.79 Å². The summed E-state index contributed by atoms with van der Waals surface area (Å²) in [5.41, 5.74) is 0.412. The minimum absolute atomic E-state index is 0.0655. The largest absolute Gasteiger partial charge is 0.370 e. The fourth-order valence-corrected chi connectivity index (χ4v) is 2.12. The van der Waals surface area contributed by atoms with Crippen LogP contribution in [-0.4, -0.2) is 33.3 Å². The highest BCUT2D eigenvalue weighted by atomic mass is 35.5. The molecule has 112 valence electrons. The molecule has 6 nitrogen and oxygen atoms in total. The molecule has 0 saturated heterocycles. The molecule has 2 heterocycles. The van der Waals surface area contributed by atoms with Gasteiger partial charge >= 0.3 is 0 Å². The predicted molar refractivity (Wildman–Crippen MR) is 82.6 cm³/mol. The van der Waals surface area contributed by atoms with E-state index in [2.05, 4.69) is 20.7 Å². The summed E-state index contributed by atoms with van der Waals surface area (Å²) in [6.07, 6.45) is 5.04. The maximum absolute atomic E-state index is 12.3. The van der Waals surface area contributed by atoms with E-state index in [-0.39, 0.29) is 11.9 Å². The minimum atomic E-state index is -0.221. The summed E-state index contributed by atoms with van der Waals surface area (Å²) in [7, 11) is 0. The predicted octanol–water partition coefficient (Wildman–Crippen LogP) is 2.18. The van der Waals surface area contributed by atoms with Crippen molar-refractivity contribution in [2.45, 2.75) is 26.4 Å². The molecule has 0 aliphatic heterocycles. The lowest BCUT2D eigenvalue weighted by Gasteiger charge is -2.15. The SMILES string of the molecule is CCNc1cc(C(=O)NC(C)Cn2cccn2)c(Cl)cn1. The molecule has 1 atom stereocenters. The van der Waals surface area contributed by atoms with Gasteiger partial charge in [-0.2, -0.15) is 5.10 Å². The van der Waals surface area contributed by atoms with Crippen LogP contribution in [0.2, 0.25) is 5.02 Å². The second-order valence-corrected chi connectivity index (χ2v) is 5.09.